The first-order chi connectivity index (χ1) is 8.04. The molecule has 0 aliphatic rings. The summed E-state index contributed by atoms with van der Waals surface area (Å²) in [4.78, 5) is 22.6. The second-order valence-electron chi connectivity index (χ2n) is 3.42. The van der Waals surface area contributed by atoms with Crippen molar-refractivity contribution in [1.29, 1.82) is 0 Å². The maximum atomic E-state index is 11.7. The minimum Gasteiger partial charge on any atom is -0.398 e. The Morgan fingerprint density at radius 3 is 2.71 bits per heavy atom. The van der Waals surface area contributed by atoms with Crippen LogP contribution in [0.5, 0.6) is 0 Å². The van der Waals surface area contributed by atoms with Crippen LogP contribution in [-0.4, -0.2) is 25.4 Å². The van der Waals surface area contributed by atoms with Crippen molar-refractivity contribution in [2.24, 2.45) is 0 Å². The van der Waals surface area contributed by atoms with Crippen molar-refractivity contribution in [2.75, 3.05) is 19.3 Å². The summed E-state index contributed by atoms with van der Waals surface area (Å²) in [6.07, 6.45) is 0.258. The van der Waals surface area contributed by atoms with Crippen LogP contribution in [0.1, 0.15) is 16.8 Å². The lowest BCUT2D eigenvalue weighted by Gasteiger charge is -2.06. The second-order valence-corrected chi connectivity index (χ2v) is 4.27. The number of rotatable bonds is 4. The molecule has 17 heavy (non-hydrogen) atoms. The van der Waals surface area contributed by atoms with E-state index < -0.39 is 0 Å². The predicted molar refractivity (Wildman–Crippen MR) is 69.6 cm³/mol. The van der Waals surface area contributed by atoms with Crippen LogP contribution in [0, 0.1) is 0 Å². The highest BCUT2D eigenvalue weighted by Gasteiger charge is 2.07. The SMILES string of the molecule is CNC(=O)CCNC(=O)c1ccc(Br)c(N)c1. The first-order valence-corrected chi connectivity index (χ1v) is 5.87. The van der Waals surface area contributed by atoms with Crippen molar-refractivity contribution in [2.45, 2.75) is 6.42 Å². The standard InChI is InChI=1S/C11H14BrN3O2/c1-14-10(16)4-5-15-11(17)7-2-3-8(12)9(13)6-7/h2-3,6H,4-5,13H2,1H3,(H,14,16)(H,15,17). The van der Waals surface area contributed by atoms with Crippen LogP contribution in [0.15, 0.2) is 22.7 Å². The third-order valence-corrected chi connectivity index (χ3v) is 2.90. The third kappa shape index (κ3) is 4.07. The van der Waals surface area contributed by atoms with Crippen LogP contribution in [-0.2, 0) is 4.79 Å². The monoisotopic (exact) mass is 299 g/mol. The van der Waals surface area contributed by atoms with Gasteiger partial charge in [-0.05, 0) is 34.1 Å². The molecule has 0 saturated carbocycles. The maximum absolute atomic E-state index is 11.7. The molecule has 92 valence electrons. The number of benzene rings is 1. The van der Waals surface area contributed by atoms with E-state index in [0.717, 1.165) is 4.47 Å². The summed E-state index contributed by atoms with van der Waals surface area (Å²) in [5.41, 5.74) is 6.64. The van der Waals surface area contributed by atoms with Gasteiger partial charge in [-0.25, -0.2) is 0 Å². The zero-order chi connectivity index (χ0) is 12.8. The Morgan fingerprint density at radius 2 is 2.12 bits per heavy atom. The maximum Gasteiger partial charge on any atom is 0.251 e. The highest BCUT2D eigenvalue weighted by atomic mass is 79.9. The first-order valence-electron chi connectivity index (χ1n) is 5.08. The lowest BCUT2D eigenvalue weighted by atomic mass is 10.2. The molecular formula is C11H14BrN3O2. The van der Waals surface area contributed by atoms with E-state index in [1.165, 1.54) is 0 Å². The first kappa shape index (κ1) is 13.5. The molecule has 0 saturated heterocycles. The molecule has 1 aromatic carbocycles. The molecule has 0 spiro atoms. The van der Waals surface area contributed by atoms with Gasteiger partial charge in [0.1, 0.15) is 0 Å². The summed E-state index contributed by atoms with van der Waals surface area (Å²) in [5.74, 6) is -0.353. The van der Waals surface area contributed by atoms with Crippen LogP contribution in [0.25, 0.3) is 0 Å². The van der Waals surface area contributed by atoms with E-state index in [-0.39, 0.29) is 18.2 Å². The number of carbonyl (C=O) groups excluding carboxylic acids is 2. The number of anilines is 1. The average Bonchev–Trinajstić information content (AvgIpc) is 2.32. The molecule has 4 N–H and O–H groups in total. The molecule has 0 heterocycles. The Kier molecular flexibility index (Phi) is 4.96. The predicted octanol–water partition coefficient (Wildman–Crippen LogP) is 0.897. The van der Waals surface area contributed by atoms with Gasteiger partial charge in [0.2, 0.25) is 5.91 Å². The Hall–Kier alpha value is -1.56. The van der Waals surface area contributed by atoms with E-state index in [2.05, 4.69) is 26.6 Å². The van der Waals surface area contributed by atoms with Crippen LogP contribution in [0.4, 0.5) is 5.69 Å². The Morgan fingerprint density at radius 1 is 1.41 bits per heavy atom. The number of amides is 2. The van der Waals surface area contributed by atoms with Crippen molar-refractivity contribution >= 4 is 33.4 Å². The number of nitrogens with two attached hydrogens (primary N) is 1. The summed E-state index contributed by atoms with van der Waals surface area (Å²) < 4.78 is 0.749. The number of nitrogen functional groups attached to an aromatic ring is 1. The van der Waals surface area contributed by atoms with Crippen molar-refractivity contribution in [3.8, 4) is 0 Å². The molecule has 0 aromatic heterocycles. The molecule has 0 aliphatic heterocycles. The topological polar surface area (TPSA) is 84.2 Å². The normalized spacial score (nSPS) is 9.76. The molecule has 5 nitrogen and oxygen atoms in total. The number of halogens is 1. The van der Waals surface area contributed by atoms with Gasteiger partial charge < -0.3 is 16.4 Å². The second kappa shape index (κ2) is 6.24. The van der Waals surface area contributed by atoms with Gasteiger partial charge in [-0.1, -0.05) is 0 Å². The van der Waals surface area contributed by atoms with Crippen molar-refractivity contribution in [3.05, 3.63) is 28.2 Å². The third-order valence-electron chi connectivity index (χ3n) is 2.17. The summed E-state index contributed by atoms with van der Waals surface area (Å²) >= 11 is 3.25. The molecule has 0 bridgehead atoms. The number of nitrogens with one attached hydrogen (secondary N) is 2. The van der Waals surface area contributed by atoms with Gasteiger partial charge in [0, 0.05) is 35.7 Å². The lowest BCUT2D eigenvalue weighted by molar-refractivity contribution is -0.120. The Bertz CT molecular complexity index is 435. The van der Waals surface area contributed by atoms with Gasteiger partial charge in [-0.15, -0.1) is 0 Å². The van der Waals surface area contributed by atoms with Crippen LogP contribution < -0.4 is 16.4 Å². The van der Waals surface area contributed by atoms with E-state index in [9.17, 15) is 9.59 Å². The minimum atomic E-state index is -0.242. The molecule has 0 aliphatic carbocycles. The molecule has 6 heteroatoms. The Balaban J connectivity index is 2.52. The summed E-state index contributed by atoms with van der Waals surface area (Å²) in [5, 5.41) is 5.12. The molecule has 1 rings (SSSR count). The summed E-state index contributed by atoms with van der Waals surface area (Å²) in [6.45, 7) is 0.300. The molecule has 2 amide bonds. The van der Waals surface area contributed by atoms with Crippen molar-refractivity contribution < 1.29 is 9.59 Å². The fraction of sp³-hybridized carbons (Fsp3) is 0.273. The highest BCUT2D eigenvalue weighted by Crippen LogP contribution is 2.19. The van der Waals surface area contributed by atoms with Gasteiger partial charge in [0.25, 0.3) is 5.91 Å². The molecule has 0 unspecified atom stereocenters. The largest absolute Gasteiger partial charge is 0.398 e. The summed E-state index contributed by atoms with van der Waals surface area (Å²) in [6, 6.07) is 4.96. The van der Waals surface area contributed by atoms with E-state index in [0.29, 0.717) is 17.8 Å². The van der Waals surface area contributed by atoms with Gasteiger partial charge in [0.05, 0.1) is 0 Å². The molecule has 0 atom stereocenters. The number of carbonyl (C=O) groups is 2. The number of hydrogen-bond acceptors (Lipinski definition) is 3. The zero-order valence-electron chi connectivity index (χ0n) is 9.42. The van der Waals surface area contributed by atoms with Gasteiger partial charge >= 0.3 is 0 Å². The quantitative estimate of drug-likeness (QED) is 0.722. The van der Waals surface area contributed by atoms with Gasteiger partial charge in [-0.2, -0.15) is 0 Å². The van der Waals surface area contributed by atoms with E-state index in [1.807, 2.05) is 0 Å². The summed E-state index contributed by atoms with van der Waals surface area (Å²) in [7, 11) is 1.56. The molecule has 1 aromatic rings. The molecular weight excluding hydrogens is 286 g/mol. The van der Waals surface area contributed by atoms with Crippen LogP contribution in [0.3, 0.4) is 0 Å². The molecule has 0 radical (unpaired) electrons. The van der Waals surface area contributed by atoms with E-state index >= 15 is 0 Å². The van der Waals surface area contributed by atoms with E-state index in [4.69, 9.17) is 5.73 Å². The van der Waals surface area contributed by atoms with Crippen LogP contribution >= 0.6 is 15.9 Å². The van der Waals surface area contributed by atoms with E-state index in [1.54, 1.807) is 25.2 Å². The zero-order valence-corrected chi connectivity index (χ0v) is 11.0. The van der Waals surface area contributed by atoms with Crippen LogP contribution in [0.2, 0.25) is 0 Å². The van der Waals surface area contributed by atoms with Crippen molar-refractivity contribution in [1.82, 2.24) is 10.6 Å². The average molecular weight is 300 g/mol. The minimum absolute atomic E-state index is 0.111. The van der Waals surface area contributed by atoms with Gasteiger partial charge in [0.15, 0.2) is 0 Å². The number of hydrogen-bond donors (Lipinski definition) is 3. The Labute approximate surface area is 108 Å². The highest BCUT2D eigenvalue weighted by molar-refractivity contribution is 9.10. The van der Waals surface area contributed by atoms with Crippen molar-refractivity contribution in [3.63, 3.8) is 0 Å². The lowest BCUT2D eigenvalue weighted by Crippen LogP contribution is -2.29. The molecule has 0 fully saturated rings. The van der Waals surface area contributed by atoms with Gasteiger partial charge in [-0.3, -0.25) is 9.59 Å². The smallest absolute Gasteiger partial charge is 0.251 e. The fourth-order valence-corrected chi connectivity index (χ4v) is 1.45. The fourth-order valence-electron chi connectivity index (χ4n) is 1.20.